The van der Waals surface area contributed by atoms with Crippen LogP contribution in [-0.4, -0.2) is 98.1 Å². The van der Waals surface area contributed by atoms with Gasteiger partial charge in [-0.2, -0.15) is 0 Å². The Morgan fingerprint density at radius 2 is 1.09 bits per heavy atom. The second-order valence-corrected chi connectivity index (χ2v) is 11.7. The van der Waals surface area contributed by atoms with Crippen LogP contribution in [0.5, 0.6) is 0 Å². The van der Waals surface area contributed by atoms with Gasteiger partial charge in [0.1, 0.15) is 13.2 Å². The molecule has 12 nitrogen and oxygen atoms in total. The number of aliphatic hydroxyl groups excluding tert-OH is 2. The average Bonchev–Trinajstić information content (AvgIpc) is 2.99. The second kappa shape index (κ2) is 20.3. The van der Waals surface area contributed by atoms with Gasteiger partial charge in [0, 0.05) is 24.0 Å². The zero-order chi connectivity index (χ0) is 32.5. The Labute approximate surface area is 260 Å². The van der Waals surface area contributed by atoms with Crippen LogP contribution in [0.4, 0.5) is 0 Å². The van der Waals surface area contributed by atoms with Gasteiger partial charge in [0.05, 0.1) is 50.8 Å². The number of rotatable bonds is 19. The summed E-state index contributed by atoms with van der Waals surface area (Å²) in [5, 5.41) is 20.6. The summed E-state index contributed by atoms with van der Waals surface area (Å²) in [6, 6.07) is 0. The van der Waals surface area contributed by atoms with E-state index in [-0.39, 0.29) is 82.4 Å². The van der Waals surface area contributed by atoms with Crippen molar-refractivity contribution in [3.05, 3.63) is 24.3 Å². The molecular weight excluding hydrogens is 576 g/mol. The fraction of sp³-hybridized carbons (Fsp3) is 0.750. The van der Waals surface area contributed by atoms with Gasteiger partial charge in [0.15, 0.2) is 0 Å². The Kier molecular flexibility index (Phi) is 17.2. The zero-order valence-electron chi connectivity index (χ0n) is 26.2. The van der Waals surface area contributed by atoms with Gasteiger partial charge in [-0.25, -0.2) is 9.59 Å². The standard InChI is InChI=1S/C32H50O12/c1-21(2)31(37)41-15-13-39-27-12-10-23(17-26(27)34)19-43-29(35)7-5-6-8-30(36)44-20-24-9-11-25(33)28(18-24)40-14-16-42-32(38)22(3)4/h23-28,33-34H,1,3,5-20H2,2,4H3. The van der Waals surface area contributed by atoms with Gasteiger partial charge in [-0.05, 0) is 77.0 Å². The monoisotopic (exact) mass is 626 g/mol. The summed E-state index contributed by atoms with van der Waals surface area (Å²) in [5.74, 6) is -1.54. The molecule has 0 aliphatic heterocycles. The van der Waals surface area contributed by atoms with Gasteiger partial charge in [-0.1, -0.05) is 13.2 Å². The van der Waals surface area contributed by atoms with E-state index in [4.69, 9.17) is 28.4 Å². The summed E-state index contributed by atoms with van der Waals surface area (Å²) in [5.41, 5.74) is 0.623. The van der Waals surface area contributed by atoms with E-state index < -0.39 is 30.3 Å². The number of aliphatic hydroxyl groups is 2. The third kappa shape index (κ3) is 14.8. The van der Waals surface area contributed by atoms with E-state index >= 15 is 0 Å². The minimum Gasteiger partial charge on any atom is -0.465 e. The molecule has 2 saturated carbocycles. The van der Waals surface area contributed by atoms with E-state index in [0.29, 0.717) is 56.1 Å². The van der Waals surface area contributed by atoms with Gasteiger partial charge in [-0.15, -0.1) is 0 Å². The highest BCUT2D eigenvalue weighted by atomic mass is 16.6. The molecule has 44 heavy (non-hydrogen) atoms. The highest BCUT2D eigenvalue weighted by Crippen LogP contribution is 2.28. The molecule has 0 aromatic heterocycles. The SMILES string of the molecule is C=C(C)C(=O)OCCOC1CCC(COC(=O)CCCCC(=O)OCC2CCC(O)C(OCCOC(=O)C(=C)C)C2)CC1O. The van der Waals surface area contributed by atoms with Gasteiger partial charge in [0.25, 0.3) is 0 Å². The first-order valence-corrected chi connectivity index (χ1v) is 15.5. The molecule has 0 radical (unpaired) electrons. The summed E-state index contributed by atoms with van der Waals surface area (Å²) in [7, 11) is 0. The molecule has 0 saturated heterocycles. The third-order valence-electron chi connectivity index (χ3n) is 7.69. The van der Waals surface area contributed by atoms with Crippen molar-refractivity contribution in [2.75, 3.05) is 39.6 Å². The smallest absolute Gasteiger partial charge is 0.333 e. The van der Waals surface area contributed by atoms with Crippen LogP contribution >= 0.6 is 0 Å². The molecule has 0 aromatic carbocycles. The minimum atomic E-state index is -0.689. The van der Waals surface area contributed by atoms with E-state index in [2.05, 4.69) is 13.2 Å². The lowest BCUT2D eigenvalue weighted by Crippen LogP contribution is -2.38. The molecule has 2 N–H and O–H groups in total. The van der Waals surface area contributed by atoms with Crippen LogP contribution in [-0.2, 0) is 47.6 Å². The predicted molar refractivity (Wildman–Crippen MR) is 158 cm³/mol. The summed E-state index contributed by atoms with van der Waals surface area (Å²) < 4.78 is 32.1. The topological polar surface area (TPSA) is 164 Å². The van der Waals surface area contributed by atoms with Crippen LogP contribution in [0.1, 0.15) is 78.1 Å². The number of hydrogen-bond acceptors (Lipinski definition) is 12. The Morgan fingerprint density at radius 3 is 1.59 bits per heavy atom. The number of unbranched alkanes of at least 4 members (excludes halogenated alkanes) is 1. The minimum absolute atomic E-state index is 0.0370. The maximum absolute atomic E-state index is 12.2. The summed E-state index contributed by atoms with van der Waals surface area (Å²) in [4.78, 5) is 47.2. The number of hydrogen-bond donors (Lipinski definition) is 2. The quantitative estimate of drug-likeness (QED) is 0.0934. The first-order chi connectivity index (χ1) is 21.0. The van der Waals surface area contributed by atoms with E-state index in [1.165, 1.54) is 0 Å². The van der Waals surface area contributed by atoms with Crippen LogP contribution in [0.3, 0.4) is 0 Å². The van der Waals surface area contributed by atoms with Crippen molar-refractivity contribution >= 4 is 23.9 Å². The molecule has 2 aliphatic rings. The summed E-state index contributed by atoms with van der Waals surface area (Å²) >= 11 is 0. The van der Waals surface area contributed by atoms with E-state index in [0.717, 1.165) is 6.42 Å². The molecule has 0 spiro atoms. The van der Waals surface area contributed by atoms with Crippen LogP contribution in [0.2, 0.25) is 0 Å². The van der Waals surface area contributed by atoms with Crippen molar-refractivity contribution in [1.82, 2.24) is 0 Å². The first-order valence-electron chi connectivity index (χ1n) is 15.5. The number of carbonyl (C=O) groups is 4. The third-order valence-corrected chi connectivity index (χ3v) is 7.69. The normalized spacial score (nSPS) is 25.0. The van der Waals surface area contributed by atoms with Gasteiger partial charge < -0.3 is 38.6 Å². The molecule has 0 bridgehead atoms. The average molecular weight is 627 g/mol. The van der Waals surface area contributed by atoms with E-state index in [9.17, 15) is 29.4 Å². The summed E-state index contributed by atoms with van der Waals surface area (Å²) in [6.07, 6.45) is 2.88. The van der Waals surface area contributed by atoms with Crippen molar-refractivity contribution < 1.29 is 57.8 Å². The molecule has 0 amide bonds. The lowest BCUT2D eigenvalue weighted by Gasteiger charge is -2.32. The number of ether oxygens (including phenoxy) is 6. The lowest BCUT2D eigenvalue weighted by molar-refractivity contribution is -0.150. The molecule has 12 heteroatoms. The molecule has 2 fully saturated rings. The van der Waals surface area contributed by atoms with Crippen LogP contribution in [0.15, 0.2) is 24.3 Å². The summed E-state index contributed by atoms with van der Waals surface area (Å²) in [6.45, 7) is 11.1. The highest BCUT2D eigenvalue weighted by molar-refractivity contribution is 5.87. The van der Waals surface area contributed by atoms with Crippen molar-refractivity contribution in [2.45, 2.75) is 102 Å². The largest absolute Gasteiger partial charge is 0.465 e. The molecule has 2 aliphatic carbocycles. The van der Waals surface area contributed by atoms with Crippen molar-refractivity contribution in [1.29, 1.82) is 0 Å². The fourth-order valence-corrected chi connectivity index (χ4v) is 5.09. The Bertz CT molecular complexity index is 963. The maximum Gasteiger partial charge on any atom is 0.333 e. The van der Waals surface area contributed by atoms with Crippen molar-refractivity contribution in [2.24, 2.45) is 11.8 Å². The maximum atomic E-state index is 12.2. The Morgan fingerprint density at radius 1 is 0.614 bits per heavy atom. The molecule has 0 heterocycles. The molecule has 0 aromatic rings. The molecule has 250 valence electrons. The zero-order valence-corrected chi connectivity index (χ0v) is 26.2. The van der Waals surface area contributed by atoms with Crippen LogP contribution < -0.4 is 0 Å². The lowest BCUT2D eigenvalue weighted by atomic mass is 9.86. The second-order valence-electron chi connectivity index (χ2n) is 11.7. The fourth-order valence-electron chi connectivity index (χ4n) is 5.09. The Hall–Kier alpha value is -2.80. The predicted octanol–water partition coefficient (Wildman–Crippen LogP) is 2.96. The van der Waals surface area contributed by atoms with Crippen molar-refractivity contribution in [3.8, 4) is 0 Å². The van der Waals surface area contributed by atoms with E-state index in [1.54, 1.807) is 13.8 Å². The molecular formula is C32H50O12. The number of carbonyl (C=O) groups excluding carboxylic acids is 4. The van der Waals surface area contributed by atoms with Crippen LogP contribution in [0.25, 0.3) is 0 Å². The van der Waals surface area contributed by atoms with Crippen LogP contribution in [0, 0.1) is 11.8 Å². The molecule has 2 rings (SSSR count). The molecule has 6 atom stereocenters. The van der Waals surface area contributed by atoms with Gasteiger partial charge in [-0.3, -0.25) is 9.59 Å². The molecule has 6 unspecified atom stereocenters. The Balaban J connectivity index is 1.51. The first kappa shape index (κ1) is 37.4. The number of esters is 4. The van der Waals surface area contributed by atoms with Gasteiger partial charge in [0.2, 0.25) is 0 Å². The highest BCUT2D eigenvalue weighted by Gasteiger charge is 2.31. The van der Waals surface area contributed by atoms with Crippen molar-refractivity contribution in [3.63, 3.8) is 0 Å². The van der Waals surface area contributed by atoms with Gasteiger partial charge >= 0.3 is 23.9 Å². The van der Waals surface area contributed by atoms with E-state index in [1.807, 2.05) is 0 Å².